The molecule has 2 rings (SSSR count). The van der Waals surface area contributed by atoms with Crippen LogP contribution in [0.4, 0.5) is 0 Å². The summed E-state index contributed by atoms with van der Waals surface area (Å²) >= 11 is 1.44. The fraction of sp³-hybridized carbons (Fsp3) is 0.0909. The maximum Gasteiger partial charge on any atom is 0.261 e. The third-order valence-corrected chi connectivity index (χ3v) is 3.08. The zero-order valence-corrected chi connectivity index (χ0v) is 9.04. The zero-order chi connectivity index (χ0) is 10.7. The first-order valence-electron chi connectivity index (χ1n) is 4.54. The van der Waals surface area contributed by atoms with Crippen LogP contribution in [0.15, 0.2) is 36.5 Å². The van der Waals surface area contributed by atoms with Gasteiger partial charge in [-0.3, -0.25) is 9.78 Å². The normalized spacial score (nSPS) is 9.93. The summed E-state index contributed by atoms with van der Waals surface area (Å²) < 4.78 is 0. The number of carbonyl (C=O) groups is 1. The fourth-order valence-corrected chi connectivity index (χ4v) is 2.16. The molecular weight excluding hydrogens is 208 g/mol. The predicted octanol–water partition coefficient (Wildman–Crippen LogP) is 2.17. The van der Waals surface area contributed by atoms with Crippen LogP contribution in [0.1, 0.15) is 9.67 Å². The molecule has 1 amide bonds. The summed E-state index contributed by atoms with van der Waals surface area (Å²) in [5, 5.41) is 2.60. The smallest absolute Gasteiger partial charge is 0.261 e. The van der Waals surface area contributed by atoms with Crippen molar-refractivity contribution < 1.29 is 4.79 Å². The maximum atomic E-state index is 11.3. The van der Waals surface area contributed by atoms with Gasteiger partial charge in [-0.05, 0) is 24.3 Å². The van der Waals surface area contributed by atoms with Crippen LogP contribution >= 0.6 is 11.3 Å². The summed E-state index contributed by atoms with van der Waals surface area (Å²) in [6, 6.07) is 9.46. The van der Waals surface area contributed by atoms with Crippen LogP contribution in [-0.4, -0.2) is 17.9 Å². The molecular formula is C11H10N2OS. The lowest BCUT2D eigenvalue weighted by atomic mass is 10.3. The Balaban J connectivity index is 2.32. The standard InChI is InChI=1S/C11H10N2OS/c1-12-11(14)10-6-5-9(15-10)8-4-2-3-7-13-8/h2-7H,1H3,(H,12,14). The molecule has 2 aromatic rings. The summed E-state index contributed by atoms with van der Waals surface area (Å²) in [4.78, 5) is 17.3. The van der Waals surface area contributed by atoms with Gasteiger partial charge in [0.15, 0.2) is 0 Å². The second kappa shape index (κ2) is 4.23. The Morgan fingerprint density at radius 3 is 2.87 bits per heavy atom. The molecule has 15 heavy (non-hydrogen) atoms. The molecule has 0 aliphatic rings. The van der Waals surface area contributed by atoms with E-state index in [2.05, 4.69) is 10.3 Å². The number of carbonyl (C=O) groups excluding carboxylic acids is 1. The van der Waals surface area contributed by atoms with Gasteiger partial charge in [-0.2, -0.15) is 0 Å². The monoisotopic (exact) mass is 218 g/mol. The van der Waals surface area contributed by atoms with Crippen LogP contribution in [0.2, 0.25) is 0 Å². The molecule has 3 nitrogen and oxygen atoms in total. The molecule has 0 saturated carbocycles. The van der Waals surface area contributed by atoms with E-state index in [1.165, 1.54) is 11.3 Å². The highest BCUT2D eigenvalue weighted by Gasteiger charge is 2.08. The number of aromatic nitrogens is 1. The minimum absolute atomic E-state index is 0.0535. The minimum Gasteiger partial charge on any atom is -0.354 e. The van der Waals surface area contributed by atoms with Crippen molar-refractivity contribution in [2.45, 2.75) is 0 Å². The molecule has 0 aliphatic carbocycles. The minimum atomic E-state index is -0.0535. The van der Waals surface area contributed by atoms with Crippen LogP contribution < -0.4 is 5.32 Å². The van der Waals surface area contributed by atoms with Gasteiger partial charge in [0.05, 0.1) is 15.4 Å². The molecule has 0 atom stereocenters. The van der Waals surface area contributed by atoms with Crippen molar-refractivity contribution in [3.8, 4) is 10.6 Å². The molecule has 0 bridgehead atoms. The van der Waals surface area contributed by atoms with Gasteiger partial charge >= 0.3 is 0 Å². The Hall–Kier alpha value is -1.68. The van der Waals surface area contributed by atoms with Gasteiger partial charge in [0.25, 0.3) is 5.91 Å². The summed E-state index contributed by atoms with van der Waals surface area (Å²) in [5.74, 6) is -0.0535. The Kier molecular flexibility index (Phi) is 2.78. The molecule has 0 fully saturated rings. The van der Waals surface area contributed by atoms with Gasteiger partial charge in [0.2, 0.25) is 0 Å². The molecule has 0 aromatic carbocycles. The maximum absolute atomic E-state index is 11.3. The highest BCUT2D eigenvalue weighted by molar-refractivity contribution is 7.17. The molecule has 4 heteroatoms. The highest BCUT2D eigenvalue weighted by Crippen LogP contribution is 2.25. The van der Waals surface area contributed by atoms with E-state index in [1.54, 1.807) is 13.2 Å². The second-order valence-corrected chi connectivity index (χ2v) is 4.04. The van der Waals surface area contributed by atoms with Gasteiger partial charge in [-0.1, -0.05) is 6.07 Å². The number of hydrogen-bond donors (Lipinski definition) is 1. The summed E-state index contributed by atoms with van der Waals surface area (Å²) in [5.41, 5.74) is 0.901. The molecule has 2 heterocycles. The second-order valence-electron chi connectivity index (χ2n) is 2.96. The molecule has 1 N–H and O–H groups in total. The van der Waals surface area contributed by atoms with Crippen LogP contribution in [0, 0.1) is 0 Å². The Morgan fingerprint density at radius 2 is 2.20 bits per heavy atom. The SMILES string of the molecule is CNC(=O)c1ccc(-c2ccccn2)s1. The number of nitrogens with one attached hydrogen (secondary N) is 1. The number of thiophene rings is 1. The fourth-order valence-electron chi connectivity index (χ4n) is 1.23. The van der Waals surface area contributed by atoms with Crippen LogP contribution in [0.3, 0.4) is 0 Å². The van der Waals surface area contributed by atoms with Gasteiger partial charge in [-0.15, -0.1) is 11.3 Å². The number of rotatable bonds is 2. The molecule has 0 radical (unpaired) electrons. The van der Waals surface area contributed by atoms with Gasteiger partial charge < -0.3 is 5.32 Å². The van der Waals surface area contributed by atoms with E-state index in [0.717, 1.165) is 10.6 Å². The highest BCUT2D eigenvalue weighted by atomic mass is 32.1. The van der Waals surface area contributed by atoms with Crippen LogP contribution in [0.25, 0.3) is 10.6 Å². The van der Waals surface area contributed by atoms with Crippen molar-refractivity contribution in [3.05, 3.63) is 41.4 Å². The van der Waals surface area contributed by atoms with E-state index in [0.29, 0.717) is 4.88 Å². The Morgan fingerprint density at radius 1 is 1.33 bits per heavy atom. The first-order valence-corrected chi connectivity index (χ1v) is 5.36. The van der Waals surface area contributed by atoms with Crippen LogP contribution in [0.5, 0.6) is 0 Å². The molecule has 2 aromatic heterocycles. The lowest BCUT2D eigenvalue weighted by molar-refractivity contribution is 0.0967. The van der Waals surface area contributed by atoms with Crippen molar-refractivity contribution >= 4 is 17.2 Å². The summed E-state index contributed by atoms with van der Waals surface area (Å²) in [6.45, 7) is 0. The molecule has 0 spiro atoms. The summed E-state index contributed by atoms with van der Waals surface area (Å²) in [6.07, 6.45) is 1.74. The average Bonchev–Trinajstić information content (AvgIpc) is 2.78. The number of hydrogen-bond acceptors (Lipinski definition) is 3. The van der Waals surface area contributed by atoms with Crippen molar-refractivity contribution in [2.75, 3.05) is 7.05 Å². The van der Waals surface area contributed by atoms with E-state index in [4.69, 9.17) is 0 Å². The van der Waals surface area contributed by atoms with E-state index < -0.39 is 0 Å². The average molecular weight is 218 g/mol. The third-order valence-electron chi connectivity index (χ3n) is 1.97. The molecule has 0 unspecified atom stereocenters. The van der Waals surface area contributed by atoms with E-state index in [1.807, 2.05) is 30.3 Å². The number of amides is 1. The Bertz CT molecular complexity index is 464. The number of nitrogens with zero attached hydrogens (tertiary/aromatic N) is 1. The largest absolute Gasteiger partial charge is 0.354 e. The lowest BCUT2D eigenvalue weighted by Crippen LogP contribution is -2.15. The zero-order valence-electron chi connectivity index (χ0n) is 8.23. The molecule has 0 saturated heterocycles. The van der Waals surface area contributed by atoms with E-state index in [9.17, 15) is 4.79 Å². The quantitative estimate of drug-likeness (QED) is 0.839. The van der Waals surface area contributed by atoms with Gasteiger partial charge in [-0.25, -0.2) is 0 Å². The first kappa shape index (κ1) is 9.86. The summed E-state index contributed by atoms with van der Waals surface area (Å²) in [7, 11) is 1.63. The van der Waals surface area contributed by atoms with Crippen molar-refractivity contribution in [1.29, 1.82) is 0 Å². The van der Waals surface area contributed by atoms with Gasteiger partial charge in [0.1, 0.15) is 0 Å². The third kappa shape index (κ3) is 2.05. The van der Waals surface area contributed by atoms with Crippen molar-refractivity contribution in [2.24, 2.45) is 0 Å². The molecule has 0 aliphatic heterocycles. The van der Waals surface area contributed by atoms with E-state index in [-0.39, 0.29) is 5.91 Å². The number of pyridine rings is 1. The van der Waals surface area contributed by atoms with Crippen molar-refractivity contribution in [3.63, 3.8) is 0 Å². The van der Waals surface area contributed by atoms with Gasteiger partial charge in [0, 0.05) is 13.2 Å². The van der Waals surface area contributed by atoms with Crippen molar-refractivity contribution in [1.82, 2.24) is 10.3 Å². The Labute approximate surface area is 91.8 Å². The lowest BCUT2D eigenvalue weighted by Gasteiger charge is -1.94. The van der Waals surface area contributed by atoms with Crippen LogP contribution in [-0.2, 0) is 0 Å². The molecule has 76 valence electrons. The first-order chi connectivity index (χ1) is 7.31. The topological polar surface area (TPSA) is 42.0 Å². The van der Waals surface area contributed by atoms with E-state index >= 15 is 0 Å². The predicted molar refractivity (Wildman–Crippen MR) is 60.9 cm³/mol.